The summed E-state index contributed by atoms with van der Waals surface area (Å²) in [4.78, 5) is 34.1. The highest BCUT2D eigenvalue weighted by Crippen LogP contribution is 2.35. The minimum absolute atomic E-state index is 0.165. The normalized spacial score (nSPS) is 22.6. The van der Waals surface area contributed by atoms with Crippen LogP contribution in [0.5, 0.6) is 0 Å². The summed E-state index contributed by atoms with van der Waals surface area (Å²) in [7, 11) is 0. The van der Waals surface area contributed by atoms with Gasteiger partial charge in [-0.15, -0.1) is 0 Å². The maximum absolute atomic E-state index is 13.5. The van der Waals surface area contributed by atoms with Gasteiger partial charge in [0.25, 0.3) is 11.8 Å². The van der Waals surface area contributed by atoms with Crippen LogP contribution < -0.4 is 0 Å². The predicted molar refractivity (Wildman–Crippen MR) is 108 cm³/mol. The number of hydrogen-bond acceptors (Lipinski definition) is 4. The van der Waals surface area contributed by atoms with Gasteiger partial charge in [0.1, 0.15) is 11.5 Å². The number of piperidine rings is 1. The maximum Gasteiger partial charge on any atom is 0.278 e. The Kier molecular flexibility index (Phi) is 5.18. The van der Waals surface area contributed by atoms with E-state index in [4.69, 9.17) is 0 Å². The Bertz CT molecular complexity index is 946. The Morgan fingerprint density at radius 3 is 2.34 bits per heavy atom. The van der Waals surface area contributed by atoms with Crippen molar-refractivity contribution in [2.75, 3.05) is 13.1 Å². The fourth-order valence-electron chi connectivity index (χ4n) is 4.40. The molecule has 3 heterocycles. The van der Waals surface area contributed by atoms with Gasteiger partial charge in [0.15, 0.2) is 0 Å². The number of benzene rings is 1. The van der Waals surface area contributed by atoms with E-state index in [1.54, 1.807) is 30.6 Å². The van der Waals surface area contributed by atoms with Crippen molar-refractivity contribution in [3.8, 4) is 0 Å². The molecule has 2 aliphatic rings. The van der Waals surface area contributed by atoms with Gasteiger partial charge in [0, 0.05) is 25.5 Å². The highest BCUT2D eigenvalue weighted by Gasteiger charge is 2.42. The molecule has 1 saturated heterocycles. The third-order valence-corrected chi connectivity index (χ3v) is 5.53. The number of imide groups is 1. The predicted octanol–water partition coefficient (Wildman–Crippen LogP) is 3.48. The van der Waals surface area contributed by atoms with Crippen LogP contribution in [-0.4, -0.2) is 39.7 Å². The van der Waals surface area contributed by atoms with Crippen LogP contribution in [0.4, 0.5) is 4.39 Å². The lowest BCUT2D eigenvalue weighted by molar-refractivity contribution is -0.138. The number of aromatic nitrogens is 1. The third kappa shape index (κ3) is 3.79. The standard InChI is InChI=1S/C23H24FN3O2/c1-15-10-16(2)13-26(12-15)21-20(18-5-7-19(24)8-6-18)22(28)27(23(21)29)14-17-4-3-9-25-11-17/h3-9,11,15-16H,10,12-14H2,1-2H3. The first-order chi connectivity index (χ1) is 13.9. The Morgan fingerprint density at radius 1 is 1.03 bits per heavy atom. The van der Waals surface area contributed by atoms with Crippen molar-refractivity contribution in [3.05, 3.63) is 71.4 Å². The van der Waals surface area contributed by atoms with Crippen LogP contribution in [0.25, 0.3) is 5.57 Å². The highest BCUT2D eigenvalue weighted by atomic mass is 19.1. The zero-order valence-corrected chi connectivity index (χ0v) is 16.6. The molecule has 0 saturated carbocycles. The van der Waals surface area contributed by atoms with Crippen molar-refractivity contribution in [2.24, 2.45) is 11.8 Å². The van der Waals surface area contributed by atoms with Crippen molar-refractivity contribution in [1.29, 1.82) is 0 Å². The molecule has 2 aliphatic heterocycles. The molecular formula is C23H24FN3O2. The van der Waals surface area contributed by atoms with Gasteiger partial charge in [-0.1, -0.05) is 32.0 Å². The van der Waals surface area contributed by atoms with Crippen LogP contribution in [0.2, 0.25) is 0 Å². The second kappa shape index (κ2) is 7.78. The first-order valence-electron chi connectivity index (χ1n) is 9.94. The van der Waals surface area contributed by atoms with E-state index in [0.717, 1.165) is 25.1 Å². The van der Waals surface area contributed by atoms with Gasteiger partial charge in [0.2, 0.25) is 0 Å². The molecule has 6 heteroatoms. The van der Waals surface area contributed by atoms with E-state index in [1.165, 1.54) is 17.0 Å². The fourth-order valence-corrected chi connectivity index (χ4v) is 4.40. The molecule has 0 spiro atoms. The van der Waals surface area contributed by atoms with Crippen molar-refractivity contribution >= 4 is 17.4 Å². The number of amides is 2. The van der Waals surface area contributed by atoms with Gasteiger partial charge in [-0.25, -0.2) is 4.39 Å². The van der Waals surface area contributed by atoms with Crippen molar-refractivity contribution < 1.29 is 14.0 Å². The maximum atomic E-state index is 13.5. The molecule has 0 N–H and O–H groups in total. The molecule has 0 aliphatic carbocycles. The molecule has 2 unspecified atom stereocenters. The van der Waals surface area contributed by atoms with Crippen LogP contribution in [0.3, 0.4) is 0 Å². The molecule has 1 aromatic heterocycles. The van der Waals surface area contributed by atoms with Crippen molar-refractivity contribution in [3.63, 3.8) is 0 Å². The second-order valence-electron chi connectivity index (χ2n) is 8.14. The van der Waals surface area contributed by atoms with Gasteiger partial charge in [-0.2, -0.15) is 0 Å². The number of rotatable bonds is 4. The van der Waals surface area contributed by atoms with E-state index in [-0.39, 0.29) is 24.2 Å². The quantitative estimate of drug-likeness (QED) is 0.747. The summed E-state index contributed by atoms with van der Waals surface area (Å²) in [5.41, 5.74) is 2.15. The molecule has 29 heavy (non-hydrogen) atoms. The van der Waals surface area contributed by atoms with Crippen molar-refractivity contribution in [2.45, 2.75) is 26.8 Å². The molecule has 150 valence electrons. The van der Waals surface area contributed by atoms with Crippen LogP contribution >= 0.6 is 0 Å². The van der Waals surface area contributed by atoms with E-state index in [1.807, 2.05) is 11.0 Å². The lowest BCUT2D eigenvalue weighted by Crippen LogP contribution is -2.41. The Balaban J connectivity index is 1.75. The van der Waals surface area contributed by atoms with Gasteiger partial charge < -0.3 is 4.90 Å². The first-order valence-corrected chi connectivity index (χ1v) is 9.94. The molecular weight excluding hydrogens is 369 g/mol. The Hall–Kier alpha value is -3.02. The number of halogens is 1. The SMILES string of the molecule is CC1CC(C)CN(C2=C(c3ccc(F)cc3)C(=O)N(Cc3cccnc3)C2=O)C1. The zero-order chi connectivity index (χ0) is 20.5. The van der Waals surface area contributed by atoms with Gasteiger partial charge in [-0.05, 0) is 47.6 Å². The molecule has 1 fully saturated rings. The second-order valence-corrected chi connectivity index (χ2v) is 8.14. The molecule has 5 nitrogen and oxygen atoms in total. The number of carbonyl (C=O) groups is 2. The molecule has 2 amide bonds. The van der Waals surface area contributed by atoms with E-state index in [2.05, 4.69) is 18.8 Å². The summed E-state index contributed by atoms with van der Waals surface area (Å²) >= 11 is 0. The van der Waals surface area contributed by atoms with Crippen LogP contribution in [0, 0.1) is 17.7 Å². The van der Waals surface area contributed by atoms with Crippen molar-refractivity contribution in [1.82, 2.24) is 14.8 Å². The molecule has 2 atom stereocenters. The Labute approximate surface area is 169 Å². The fraction of sp³-hybridized carbons (Fsp3) is 0.348. The minimum atomic E-state index is -0.375. The number of nitrogens with zero attached hydrogens (tertiary/aromatic N) is 3. The third-order valence-electron chi connectivity index (χ3n) is 5.53. The molecule has 0 bridgehead atoms. The lowest BCUT2D eigenvalue weighted by Gasteiger charge is -2.37. The number of hydrogen-bond donors (Lipinski definition) is 0. The summed E-state index contributed by atoms with van der Waals surface area (Å²) < 4.78 is 13.5. The van der Waals surface area contributed by atoms with Gasteiger partial charge >= 0.3 is 0 Å². The van der Waals surface area contributed by atoms with Crippen LogP contribution in [-0.2, 0) is 16.1 Å². The topological polar surface area (TPSA) is 53.5 Å². The summed E-state index contributed by atoms with van der Waals surface area (Å²) in [6, 6.07) is 9.41. The van der Waals surface area contributed by atoms with E-state index >= 15 is 0 Å². The number of pyridine rings is 1. The monoisotopic (exact) mass is 393 g/mol. The summed E-state index contributed by atoms with van der Waals surface area (Å²) in [6.07, 6.45) is 4.40. The molecule has 2 aromatic rings. The largest absolute Gasteiger partial charge is 0.366 e. The first kappa shape index (κ1) is 19.3. The average molecular weight is 393 g/mol. The molecule has 0 radical (unpaired) electrons. The minimum Gasteiger partial charge on any atom is -0.366 e. The van der Waals surface area contributed by atoms with Gasteiger partial charge in [0.05, 0.1) is 12.1 Å². The number of carbonyl (C=O) groups excluding carboxylic acids is 2. The van der Waals surface area contributed by atoms with E-state index in [9.17, 15) is 14.0 Å². The van der Waals surface area contributed by atoms with E-state index in [0.29, 0.717) is 28.7 Å². The number of likely N-dealkylation sites (tertiary alicyclic amines) is 1. The summed E-state index contributed by atoms with van der Waals surface area (Å²) in [5.74, 6) is -0.155. The summed E-state index contributed by atoms with van der Waals surface area (Å²) in [6.45, 7) is 5.94. The van der Waals surface area contributed by atoms with E-state index < -0.39 is 0 Å². The summed E-state index contributed by atoms with van der Waals surface area (Å²) in [5, 5.41) is 0. The lowest BCUT2D eigenvalue weighted by atomic mass is 9.91. The van der Waals surface area contributed by atoms with Crippen LogP contribution in [0.1, 0.15) is 31.4 Å². The van der Waals surface area contributed by atoms with Gasteiger partial charge in [-0.3, -0.25) is 19.5 Å². The molecule has 4 rings (SSSR count). The smallest absolute Gasteiger partial charge is 0.278 e. The highest BCUT2D eigenvalue weighted by molar-refractivity contribution is 6.35. The molecule has 1 aromatic carbocycles. The zero-order valence-electron chi connectivity index (χ0n) is 16.6. The Morgan fingerprint density at radius 2 is 1.72 bits per heavy atom. The average Bonchev–Trinajstić information content (AvgIpc) is 2.93. The van der Waals surface area contributed by atoms with Crippen LogP contribution in [0.15, 0.2) is 54.5 Å².